The number of ether oxygens (including phenoxy) is 1. The van der Waals surface area contributed by atoms with Crippen molar-refractivity contribution >= 4 is 45.3 Å². The lowest BCUT2D eigenvalue weighted by Crippen LogP contribution is -2.38. The van der Waals surface area contributed by atoms with Crippen molar-refractivity contribution in [3.05, 3.63) is 20.8 Å². The Morgan fingerprint density at radius 1 is 1.43 bits per heavy atom. The van der Waals surface area contributed by atoms with Crippen LogP contribution in [0.15, 0.2) is 9.95 Å². The van der Waals surface area contributed by atoms with Crippen molar-refractivity contribution in [2.24, 2.45) is 0 Å². The molecule has 3 rings (SSSR count). The number of nitrogens with one attached hydrogen (secondary N) is 2. The number of rotatable bonds is 6. The molecular formula is C18H24N4O4S2. The van der Waals surface area contributed by atoms with Crippen LogP contribution in [0.1, 0.15) is 30.2 Å². The number of amides is 3. The molecule has 1 fully saturated rings. The van der Waals surface area contributed by atoms with E-state index in [4.69, 9.17) is 4.74 Å². The maximum absolute atomic E-state index is 13.3. The Morgan fingerprint density at radius 3 is 2.86 bits per heavy atom. The normalized spacial score (nSPS) is 16.5. The molecule has 1 saturated heterocycles. The van der Waals surface area contributed by atoms with E-state index in [9.17, 15) is 14.4 Å². The van der Waals surface area contributed by atoms with Gasteiger partial charge in [0.1, 0.15) is 4.83 Å². The molecule has 8 nitrogen and oxygen atoms in total. The molecule has 0 radical (unpaired) electrons. The molecule has 2 aromatic rings. The summed E-state index contributed by atoms with van der Waals surface area (Å²) in [6.45, 7) is 5.14. The third kappa shape index (κ3) is 4.39. The van der Waals surface area contributed by atoms with E-state index in [-0.39, 0.29) is 17.4 Å². The lowest BCUT2D eigenvalue weighted by atomic mass is 10.1. The van der Waals surface area contributed by atoms with Crippen LogP contribution in [0.25, 0.3) is 10.2 Å². The number of fused-ring (bicyclic) bond motifs is 1. The molecule has 0 bridgehead atoms. The summed E-state index contributed by atoms with van der Waals surface area (Å²) in [5.41, 5.74) is 0.948. The van der Waals surface area contributed by atoms with Crippen molar-refractivity contribution in [1.29, 1.82) is 0 Å². The Labute approximate surface area is 171 Å². The zero-order valence-electron chi connectivity index (χ0n) is 16.2. The van der Waals surface area contributed by atoms with Gasteiger partial charge in [0.25, 0.3) is 5.56 Å². The number of nitrogens with zero attached hydrogens (tertiary/aromatic N) is 2. The quantitative estimate of drug-likeness (QED) is 0.544. The number of carbonyl (C=O) groups is 2. The summed E-state index contributed by atoms with van der Waals surface area (Å²) in [5, 5.41) is 5.70. The van der Waals surface area contributed by atoms with Crippen LogP contribution < -0.4 is 16.2 Å². The molecule has 10 heteroatoms. The highest BCUT2D eigenvalue weighted by molar-refractivity contribution is 7.99. The van der Waals surface area contributed by atoms with Crippen molar-refractivity contribution in [3.63, 3.8) is 0 Å². The Hall–Kier alpha value is -1.91. The first-order valence-electron chi connectivity index (χ1n) is 9.23. The summed E-state index contributed by atoms with van der Waals surface area (Å²) in [5.74, 6) is -0.457. The fourth-order valence-electron chi connectivity index (χ4n) is 3.28. The van der Waals surface area contributed by atoms with Crippen LogP contribution in [0.2, 0.25) is 0 Å². The van der Waals surface area contributed by atoms with E-state index in [0.717, 1.165) is 41.5 Å². The van der Waals surface area contributed by atoms with Crippen LogP contribution in [0, 0.1) is 6.92 Å². The first-order valence-corrected chi connectivity index (χ1v) is 11.0. The molecule has 2 aromatic heterocycles. The summed E-state index contributed by atoms with van der Waals surface area (Å²) in [4.78, 5) is 43.0. The number of aromatic nitrogens is 2. The van der Waals surface area contributed by atoms with Gasteiger partial charge in [-0.05, 0) is 31.7 Å². The van der Waals surface area contributed by atoms with Gasteiger partial charge in [-0.2, -0.15) is 0 Å². The first kappa shape index (κ1) is 20.8. The van der Waals surface area contributed by atoms with Crippen LogP contribution in [0.3, 0.4) is 0 Å². The third-order valence-corrected chi connectivity index (χ3v) is 6.67. The van der Waals surface area contributed by atoms with Gasteiger partial charge in [0.15, 0.2) is 5.16 Å². The SMILES string of the molecule is CCc1c(C)sc2nc(SCC(=O)NC(=O)NC)n(CC3CCCO3)c(=O)c12. The van der Waals surface area contributed by atoms with E-state index in [1.807, 2.05) is 13.8 Å². The number of aryl methyl sites for hydroxylation is 2. The maximum Gasteiger partial charge on any atom is 0.321 e. The number of thioether (sulfide) groups is 1. The lowest BCUT2D eigenvalue weighted by molar-refractivity contribution is -0.117. The highest BCUT2D eigenvalue weighted by Gasteiger charge is 2.23. The molecule has 1 aliphatic rings. The second-order valence-corrected chi connectivity index (χ2v) is 8.68. The lowest BCUT2D eigenvalue weighted by Gasteiger charge is -2.16. The van der Waals surface area contributed by atoms with Gasteiger partial charge in [-0.3, -0.25) is 19.5 Å². The first-order chi connectivity index (χ1) is 13.4. The number of imide groups is 1. The molecule has 1 atom stereocenters. The van der Waals surface area contributed by atoms with Crippen molar-refractivity contribution in [2.45, 2.75) is 50.9 Å². The number of hydrogen-bond donors (Lipinski definition) is 2. The Morgan fingerprint density at radius 2 is 2.21 bits per heavy atom. The van der Waals surface area contributed by atoms with Crippen molar-refractivity contribution in [2.75, 3.05) is 19.4 Å². The molecule has 2 N–H and O–H groups in total. The molecule has 1 aliphatic heterocycles. The zero-order chi connectivity index (χ0) is 20.3. The van der Waals surface area contributed by atoms with E-state index in [1.54, 1.807) is 4.57 Å². The second-order valence-electron chi connectivity index (χ2n) is 6.53. The fourth-order valence-corrected chi connectivity index (χ4v) is 5.24. The third-order valence-electron chi connectivity index (χ3n) is 4.65. The summed E-state index contributed by atoms with van der Waals surface area (Å²) in [6, 6.07) is -0.563. The van der Waals surface area contributed by atoms with E-state index in [2.05, 4.69) is 15.6 Å². The van der Waals surface area contributed by atoms with Gasteiger partial charge in [-0.25, -0.2) is 9.78 Å². The predicted octanol–water partition coefficient (Wildman–Crippen LogP) is 2.06. The van der Waals surface area contributed by atoms with Gasteiger partial charge in [0.05, 0.1) is 23.8 Å². The number of carbonyl (C=O) groups excluding carboxylic acids is 2. The minimum atomic E-state index is -0.563. The molecule has 0 spiro atoms. The van der Waals surface area contributed by atoms with E-state index in [0.29, 0.717) is 28.5 Å². The molecular weight excluding hydrogens is 400 g/mol. The van der Waals surface area contributed by atoms with Crippen LogP contribution >= 0.6 is 23.1 Å². The molecule has 3 amide bonds. The molecule has 28 heavy (non-hydrogen) atoms. The number of hydrogen-bond acceptors (Lipinski definition) is 7. The highest BCUT2D eigenvalue weighted by atomic mass is 32.2. The largest absolute Gasteiger partial charge is 0.376 e. The predicted molar refractivity (Wildman–Crippen MR) is 110 cm³/mol. The summed E-state index contributed by atoms with van der Waals surface area (Å²) < 4.78 is 7.33. The van der Waals surface area contributed by atoms with Gasteiger partial charge >= 0.3 is 6.03 Å². The highest BCUT2D eigenvalue weighted by Crippen LogP contribution is 2.30. The Kier molecular flexibility index (Phi) is 6.73. The second kappa shape index (κ2) is 9.06. The van der Waals surface area contributed by atoms with Crippen molar-refractivity contribution in [3.8, 4) is 0 Å². The number of urea groups is 1. The van der Waals surface area contributed by atoms with Crippen molar-refractivity contribution in [1.82, 2.24) is 20.2 Å². The molecule has 0 aliphatic carbocycles. The van der Waals surface area contributed by atoms with Gasteiger partial charge < -0.3 is 10.1 Å². The maximum atomic E-state index is 13.3. The molecule has 0 aromatic carbocycles. The average molecular weight is 425 g/mol. The van der Waals surface area contributed by atoms with Crippen LogP contribution in [0.4, 0.5) is 4.79 Å². The molecule has 0 saturated carbocycles. The molecule has 152 valence electrons. The topological polar surface area (TPSA) is 102 Å². The molecule has 3 heterocycles. The van der Waals surface area contributed by atoms with E-state index < -0.39 is 11.9 Å². The van der Waals surface area contributed by atoms with Crippen LogP contribution in [-0.4, -0.2) is 47.0 Å². The van der Waals surface area contributed by atoms with E-state index >= 15 is 0 Å². The fraction of sp³-hybridized carbons (Fsp3) is 0.556. The minimum Gasteiger partial charge on any atom is -0.376 e. The standard InChI is InChI=1S/C18H24N4O4S2/c1-4-12-10(2)28-15-14(12)16(24)22(8-11-6-5-7-26-11)18(21-15)27-9-13(23)20-17(25)19-3/h11H,4-9H2,1-3H3,(H2,19,20,23,25). The minimum absolute atomic E-state index is 0.0120. The average Bonchev–Trinajstić information content (AvgIpc) is 3.29. The van der Waals surface area contributed by atoms with Crippen molar-refractivity contribution < 1.29 is 14.3 Å². The number of thiophene rings is 1. The monoisotopic (exact) mass is 424 g/mol. The Balaban J connectivity index is 1.95. The molecule has 1 unspecified atom stereocenters. The van der Waals surface area contributed by atoms with Gasteiger partial charge in [0, 0.05) is 18.5 Å². The van der Waals surface area contributed by atoms with E-state index in [1.165, 1.54) is 18.4 Å². The van der Waals surface area contributed by atoms with Crippen LogP contribution in [-0.2, 0) is 22.5 Å². The van der Waals surface area contributed by atoms with Gasteiger partial charge in [-0.1, -0.05) is 18.7 Å². The smallest absolute Gasteiger partial charge is 0.321 e. The summed E-state index contributed by atoms with van der Waals surface area (Å²) in [6.07, 6.45) is 2.61. The Bertz CT molecular complexity index is 947. The van der Waals surface area contributed by atoms with Gasteiger partial charge in [0.2, 0.25) is 5.91 Å². The zero-order valence-corrected chi connectivity index (χ0v) is 17.8. The summed E-state index contributed by atoms with van der Waals surface area (Å²) in [7, 11) is 1.44. The van der Waals surface area contributed by atoms with Crippen LogP contribution in [0.5, 0.6) is 0 Å². The summed E-state index contributed by atoms with van der Waals surface area (Å²) >= 11 is 2.65. The van der Waals surface area contributed by atoms with Gasteiger partial charge in [-0.15, -0.1) is 11.3 Å².